The van der Waals surface area contributed by atoms with Crippen LogP contribution in [0.4, 0.5) is 0 Å². The quantitative estimate of drug-likeness (QED) is 0.145. The summed E-state index contributed by atoms with van der Waals surface area (Å²) in [5, 5.41) is 5.30. The summed E-state index contributed by atoms with van der Waals surface area (Å²) < 4.78 is 0. The molecule has 4 heteroatoms. The number of thiocarbonyl (C=S) groups is 1. The normalized spacial score (nSPS) is 12.0. The van der Waals surface area contributed by atoms with Crippen molar-refractivity contribution in [2.45, 2.75) is 77.7 Å². The van der Waals surface area contributed by atoms with E-state index in [4.69, 9.17) is 0 Å². The summed E-state index contributed by atoms with van der Waals surface area (Å²) >= 11 is 4.53. The Kier molecular flexibility index (Phi) is 19.2. The van der Waals surface area contributed by atoms with E-state index in [0.29, 0.717) is 6.42 Å². The van der Waals surface area contributed by atoms with E-state index in [1.807, 2.05) is 13.8 Å². The van der Waals surface area contributed by atoms with Crippen LogP contribution in [-0.2, 0) is 4.79 Å². The Balaban J connectivity index is 3.49. The first kappa shape index (κ1) is 25.2. The molecule has 0 bridgehead atoms. The number of nitrogens with one attached hydrogen (secondary N) is 1. The van der Waals surface area contributed by atoms with E-state index in [9.17, 15) is 4.79 Å². The number of hydrogen-bond acceptors (Lipinski definition) is 3. The number of amides is 1. The molecule has 1 amide bonds. The van der Waals surface area contributed by atoms with Gasteiger partial charge in [-0.2, -0.15) is 0 Å². The summed E-state index contributed by atoms with van der Waals surface area (Å²) in [7, 11) is 0. The molecular formula is C23H36N2OS. The molecule has 0 saturated heterocycles. The topological polar surface area (TPSA) is 41.5 Å². The lowest BCUT2D eigenvalue weighted by Gasteiger charge is -2.06. The van der Waals surface area contributed by atoms with Gasteiger partial charge in [0.05, 0.1) is 5.16 Å². The second kappa shape index (κ2) is 20.5. The number of hydrogen-bond donors (Lipinski definition) is 1. The highest BCUT2D eigenvalue weighted by atomic mass is 32.1. The maximum Gasteiger partial charge on any atom is 0.220 e. The third-order valence-electron chi connectivity index (χ3n) is 3.66. The summed E-state index contributed by atoms with van der Waals surface area (Å²) in [6.07, 6.45) is 26.3. The zero-order chi connectivity index (χ0) is 20.0. The highest BCUT2D eigenvalue weighted by molar-refractivity contribution is 7.78. The number of unbranched alkanes of at least 4 members (excludes halogenated alkanes) is 3. The fourth-order valence-corrected chi connectivity index (χ4v) is 2.41. The molecular weight excluding hydrogens is 352 g/mol. The van der Waals surface area contributed by atoms with Crippen LogP contribution in [0, 0.1) is 0 Å². The summed E-state index contributed by atoms with van der Waals surface area (Å²) in [4.78, 5) is 15.4. The van der Waals surface area contributed by atoms with Gasteiger partial charge in [0, 0.05) is 19.0 Å². The van der Waals surface area contributed by atoms with Gasteiger partial charge in [-0.15, -0.1) is 0 Å². The standard InChI is InChI=1S/C23H36N2OS/c1-22(2)25-23(26)19-17-15-13-11-9-7-5-3-4-6-8-10-12-14-16-18-20-24-21-27/h4-7,10-13,22H,3,8-9,14-20H2,1-2H3,(H,25,26). The van der Waals surface area contributed by atoms with Gasteiger partial charge >= 0.3 is 0 Å². The molecule has 0 spiro atoms. The molecule has 27 heavy (non-hydrogen) atoms. The second-order valence-corrected chi connectivity index (χ2v) is 6.86. The molecule has 0 aliphatic rings. The van der Waals surface area contributed by atoms with Gasteiger partial charge in [0.1, 0.15) is 0 Å². The van der Waals surface area contributed by atoms with Crippen LogP contribution in [0.1, 0.15) is 71.6 Å². The van der Waals surface area contributed by atoms with Crippen molar-refractivity contribution in [1.29, 1.82) is 0 Å². The molecule has 0 fully saturated rings. The van der Waals surface area contributed by atoms with Gasteiger partial charge in [0.25, 0.3) is 0 Å². The van der Waals surface area contributed by atoms with Crippen LogP contribution < -0.4 is 5.32 Å². The molecule has 150 valence electrons. The van der Waals surface area contributed by atoms with E-state index in [1.165, 1.54) is 0 Å². The van der Waals surface area contributed by atoms with Gasteiger partial charge in [-0.25, -0.2) is 4.99 Å². The Morgan fingerprint density at radius 1 is 0.889 bits per heavy atom. The first-order valence-corrected chi connectivity index (χ1v) is 10.5. The highest BCUT2D eigenvalue weighted by Crippen LogP contribution is 2.00. The van der Waals surface area contributed by atoms with E-state index in [1.54, 1.807) is 0 Å². The molecule has 0 aromatic heterocycles. The molecule has 0 aromatic carbocycles. The van der Waals surface area contributed by atoms with Crippen molar-refractivity contribution in [3.05, 3.63) is 48.6 Å². The zero-order valence-electron chi connectivity index (χ0n) is 17.0. The number of isothiocyanates is 1. The van der Waals surface area contributed by atoms with Gasteiger partial charge in [-0.3, -0.25) is 4.79 Å². The molecule has 0 aliphatic carbocycles. The maximum atomic E-state index is 11.5. The van der Waals surface area contributed by atoms with Gasteiger partial charge in [-0.1, -0.05) is 48.6 Å². The van der Waals surface area contributed by atoms with Gasteiger partial charge in [0.15, 0.2) is 0 Å². The Morgan fingerprint density at radius 3 is 1.93 bits per heavy atom. The summed E-state index contributed by atoms with van der Waals surface area (Å²) in [6, 6.07) is 0.232. The van der Waals surface area contributed by atoms with Crippen LogP contribution >= 0.6 is 12.2 Å². The van der Waals surface area contributed by atoms with Crippen molar-refractivity contribution in [2.75, 3.05) is 6.54 Å². The molecule has 0 aromatic rings. The molecule has 3 nitrogen and oxygen atoms in total. The summed E-state index contributed by atoms with van der Waals surface area (Å²) in [6.45, 7) is 4.77. The molecule has 0 atom stereocenters. The monoisotopic (exact) mass is 388 g/mol. The third-order valence-corrected chi connectivity index (χ3v) is 3.79. The average molecular weight is 389 g/mol. The number of allylic oxidation sites excluding steroid dienone is 8. The molecule has 0 unspecified atom stereocenters. The minimum Gasteiger partial charge on any atom is -0.354 e. The molecule has 1 N–H and O–H groups in total. The lowest BCUT2D eigenvalue weighted by molar-refractivity contribution is -0.121. The van der Waals surface area contributed by atoms with Crippen LogP contribution in [0.15, 0.2) is 53.6 Å². The fraction of sp³-hybridized carbons (Fsp3) is 0.565. The van der Waals surface area contributed by atoms with Gasteiger partial charge in [0.2, 0.25) is 5.91 Å². The minimum atomic E-state index is 0.150. The molecule has 0 saturated carbocycles. The van der Waals surface area contributed by atoms with Crippen molar-refractivity contribution in [1.82, 2.24) is 5.32 Å². The number of carbonyl (C=O) groups is 1. The first-order valence-electron chi connectivity index (χ1n) is 10.1. The fourth-order valence-electron chi connectivity index (χ4n) is 2.32. The number of carbonyl (C=O) groups excluding carboxylic acids is 1. The van der Waals surface area contributed by atoms with Gasteiger partial charge < -0.3 is 5.32 Å². The van der Waals surface area contributed by atoms with Crippen molar-refractivity contribution in [3.63, 3.8) is 0 Å². The third kappa shape index (κ3) is 22.2. The van der Waals surface area contributed by atoms with Crippen molar-refractivity contribution in [2.24, 2.45) is 4.99 Å². The predicted octanol–water partition coefficient (Wildman–Crippen LogP) is 6.35. The molecule has 0 rings (SSSR count). The van der Waals surface area contributed by atoms with Crippen LogP contribution in [0.2, 0.25) is 0 Å². The number of aliphatic imine (C=N–C) groups is 1. The Hall–Kier alpha value is -1.77. The summed E-state index contributed by atoms with van der Waals surface area (Å²) in [5.74, 6) is 0.150. The predicted molar refractivity (Wildman–Crippen MR) is 121 cm³/mol. The molecule has 0 radical (unpaired) electrons. The maximum absolute atomic E-state index is 11.5. The van der Waals surface area contributed by atoms with Gasteiger partial charge in [-0.05, 0) is 77.4 Å². The Bertz CT molecular complexity index is 526. The smallest absolute Gasteiger partial charge is 0.220 e. The SMILES string of the molecule is CC(C)NC(=O)CCCC=CCC=CCC=CCC=CCCCCN=C=S. The molecule has 0 aliphatic heterocycles. The average Bonchev–Trinajstić information content (AvgIpc) is 2.63. The van der Waals surface area contributed by atoms with E-state index in [-0.39, 0.29) is 11.9 Å². The van der Waals surface area contributed by atoms with E-state index in [2.05, 4.69) is 76.3 Å². The number of nitrogens with zero attached hydrogens (tertiary/aromatic N) is 1. The lowest BCUT2D eigenvalue weighted by Crippen LogP contribution is -2.29. The first-order chi connectivity index (χ1) is 13.2. The van der Waals surface area contributed by atoms with Crippen LogP contribution in [0.3, 0.4) is 0 Å². The van der Waals surface area contributed by atoms with Crippen molar-refractivity contribution in [3.8, 4) is 0 Å². The number of rotatable bonds is 16. The van der Waals surface area contributed by atoms with Crippen molar-refractivity contribution < 1.29 is 4.79 Å². The Labute approximate surface area is 171 Å². The van der Waals surface area contributed by atoms with E-state index < -0.39 is 0 Å². The second-order valence-electron chi connectivity index (χ2n) is 6.68. The van der Waals surface area contributed by atoms with Crippen LogP contribution in [0.25, 0.3) is 0 Å². The van der Waals surface area contributed by atoms with Crippen LogP contribution in [-0.4, -0.2) is 23.7 Å². The highest BCUT2D eigenvalue weighted by Gasteiger charge is 2.00. The van der Waals surface area contributed by atoms with Crippen LogP contribution in [0.5, 0.6) is 0 Å². The largest absolute Gasteiger partial charge is 0.354 e. The Morgan fingerprint density at radius 2 is 1.41 bits per heavy atom. The van der Waals surface area contributed by atoms with E-state index in [0.717, 1.165) is 57.9 Å². The summed E-state index contributed by atoms with van der Waals surface area (Å²) in [5.41, 5.74) is 0. The minimum absolute atomic E-state index is 0.150. The molecule has 0 heterocycles. The zero-order valence-corrected chi connectivity index (χ0v) is 17.8. The lowest BCUT2D eigenvalue weighted by atomic mass is 10.2. The van der Waals surface area contributed by atoms with E-state index >= 15 is 0 Å². The van der Waals surface area contributed by atoms with Crippen molar-refractivity contribution >= 4 is 23.3 Å².